The van der Waals surface area contributed by atoms with Crippen LogP contribution in [0.25, 0.3) is 6.08 Å². The summed E-state index contributed by atoms with van der Waals surface area (Å²) in [6, 6.07) is 9.23. The quantitative estimate of drug-likeness (QED) is 0.427. The summed E-state index contributed by atoms with van der Waals surface area (Å²) in [5, 5.41) is 0. The molecule has 76 valence electrons. The van der Waals surface area contributed by atoms with Gasteiger partial charge in [0.25, 0.3) is 0 Å². The molecule has 0 aliphatic heterocycles. The Morgan fingerprint density at radius 2 is 1.80 bits per heavy atom. The SMILES string of the molecule is C=CC(=O)OC(=O)C=Cc1ccccc1. The van der Waals surface area contributed by atoms with E-state index in [0.717, 1.165) is 11.6 Å². The third-order valence-corrected chi connectivity index (χ3v) is 1.58. The topological polar surface area (TPSA) is 43.4 Å². The van der Waals surface area contributed by atoms with E-state index in [1.165, 1.54) is 6.08 Å². The molecule has 0 radical (unpaired) electrons. The van der Waals surface area contributed by atoms with Crippen LogP contribution in [-0.4, -0.2) is 11.9 Å². The van der Waals surface area contributed by atoms with Crippen LogP contribution in [0.1, 0.15) is 5.56 Å². The Labute approximate surface area is 87.7 Å². The minimum atomic E-state index is -0.752. The number of carbonyl (C=O) groups is 2. The van der Waals surface area contributed by atoms with Crippen molar-refractivity contribution in [2.45, 2.75) is 0 Å². The first-order chi connectivity index (χ1) is 7.22. The van der Waals surface area contributed by atoms with Crippen molar-refractivity contribution in [3.8, 4) is 0 Å². The van der Waals surface area contributed by atoms with E-state index in [9.17, 15) is 9.59 Å². The first kappa shape index (κ1) is 10.9. The normalized spacial score (nSPS) is 9.87. The number of hydrogen-bond donors (Lipinski definition) is 0. The summed E-state index contributed by atoms with van der Waals surface area (Å²) in [5.41, 5.74) is 0.862. The van der Waals surface area contributed by atoms with Crippen LogP contribution in [0, 0.1) is 0 Å². The number of rotatable bonds is 3. The highest BCUT2D eigenvalue weighted by Crippen LogP contribution is 2.01. The van der Waals surface area contributed by atoms with E-state index < -0.39 is 11.9 Å². The largest absolute Gasteiger partial charge is 0.387 e. The molecule has 0 heterocycles. The number of benzene rings is 1. The Morgan fingerprint density at radius 3 is 2.40 bits per heavy atom. The van der Waals surface area contributed by atoms with Gasteiger partial charge in [-0.2, -0.15) is 0 Å². The molecule has 0 spiro atoms. The number of carbonyl (C=O) groups excluding carboxylic acids is 2. The molecule has 0 aromatic heterocycles. The highest BCUT2D eigenvalue weighted by atomic mass is 16.6. The van der Waals surface area contributed by atoms with Gasteiger partial charge in [-0.3, -0.25) is 0 Å². The number of esters is 2. The van der Waals surface area contributed by atoms with E-state index in [2.05, 4.69) is 11.3 Å². The number of ether oxygens (including phenoxy) is 1. The highest BCUT2D eigenvalue weighted by molar-refractivity contribution is 5.98. The van der Waals surface area contributed by atoms with Crippen LogP contribution in [0.3, 0.4) is 0 Å². The molecule has 0 N–H and O–H groups in total. The summed E-state index contributed by atoms with van der Waals surface area (Å²) in [6.07, 6.45) is 3.70. The molecule has 0 atom stereocenters. The predicted octanol–water partition coefficient (Wildman–Crippen LogP) is 1.96. The van der Waals surface area contributed by atoms with E-state index in [1.807, 2.05) is 30.3 Å². The van der Waals surface area contributed by atoms with Gasteiger partial charge in [0.15, 0.2) is 0 Å². The van der Waals surface area contributed by atoms with E-state index >= 15 is 0 Å². The van der Waals surface area contributed by atoms with Gasteiger partial charge in [-0.1, -0.05) is 36.9 Å². The fourth-order valence-electron chi connectivity index (χ4n) is 0.903. The standard InChI is InChI=1S/C12H10O3/c1-2-11(13)15-12(14)9-8-10-6-4-3-5-7-10/h2-9H,1H2. The average molecular weight is 202 g/mol. The Hall–Kier alpha value is -2.16. The Bertz CT molecular complexity index is 391. The van der Waals surface area contributed by atoms with E-state index in [-0.39, 0.29) is 0 Å². The second-order valence-electron chi connectivity index (χ2n) is 2.69. The van der Waals surface area contributed by atoms with Crippen LogP contribution in [-0.2, 0) is 14.3 Å². The molecule has 1 aromatic rings. The van der Waals surface area contributed by atoms with Crippen molar-refractivity contribution < 1.29 is 14.3 Å². The van der Waals surface area contributed by atoms with E-state index in [1.54, 1.807) is 6.08 Å². The molecule has 3 nitrogen and oxygen atoms in total. The highest BCUT2D eigenvalue weighted by Gasteiger charge is 2.01. The van der Waals surface area contributed by atoms with Crippen LogP contribution < -0.4 is 0 Å². The van der Waals surface area contributed by atoms with E-state index in [0.29, 0.717) is 0 Å². The summed E-state index contributed by atoms with van der Waals surface area (Å²) in [5.74, 6) is -1.46. The van der Waals surface area contributed by atoms with Gasteiger partial charge < -0.3 is 4.74 Å². The molecular formula is C12H10O3. The summed E-state index contributed by atoms with van der Waals surface area (Å²) in [7, 11) is 0. The summed E-state index contributed by atoms with van der Waals surface area (Å²) < 4.78 is 4.34. The van der Waals surface area contributed by atoms with Crippen molar-refractivity contribution in [3.05, 3.63) is 54.6 Å². The molecule has 0 fully saturated rings. The molecule has 0 aliphatic carbocycles. The van der Waals surface area contributed by atoms with Crippen LogP contribution in [0.4, 0.5) is 0 Å². The minimum Gasteiger partial charge on any atom is -0.387 e. The zero-order valence-corrected chi connectivity index (χ0v) is 8.05. The van der Waals surface area contributed by atoms with Crippen molar-refractivity contribution in [1.29, 1.82) is 0 Å². The van der Waals surface area contributed by atoms with Crippen LogP contribution in [0.15, 0.2) is 49.1 Å². The molecule has 0 saturated heterocycles. The van der Waals surface area contributed by atoms with Gasteiger partial charge >= 0.3 is 11.9 Å². The summed E-state index contributed by atoms with van der Waals surface area (Å²) >= 11 is 0. The van der Waals surface area contributed by atoms with Gasteiger partial charge in [-0.15, -0.1) is 0 Å². The van der Waals surface area contributed by atoms with Gasteiger partial charge in [0.05, 0.1) is 0 Å². The molecule has 15 heavy (non-hydrogen) atoms. The fraction of sp³-hybridized carbons (Fsp3) is 0. The van der Waals surface area contributed by atoms with Crippen molar-refractivity contribution in [2.75, 3.05) is 0 Å². The lowest BCUT2D eigenvalue weighted by atomic mass is 10.2. The lowest BCUT2D eigenvalue weighted by Gasteiger charge is -1.93. The van der Waals surface area contributed by atoms with Crippen molar-refractivity contribution in [1.82, 2.24) is 0 Å². The summed E-state index contributed by atoms with van der Waals surface area (Å²) in [6.45, 7) is 3.18. The van der Waals surface area contributed by atoms with E-state index in [4.69, 9.17) is 0 Å². The monoisotopic (exact) mass is 202 g/mol. The summed E-state index contributed by atoms with van der Waals surface area (Å²) in [4.78, 5) is 21.6. The molecule has 0 saturated carbocycles. The molecule has 0 unspecified atom stereocenters. The first-order valence-corrected chi connectivity index (χ1v) is 4.33. The Kier molecular flexibility index (Phi) is 4.04. The lowest BCUT2D eigenvalue weighted by molar-refractivity contribution is -0.152. The molecular weight excluding hydrogens is 192 g/mol. The lowest BCUT2D eigenvalue weighted by Crippen LogP contribution is -2.06. The van der Waals surface area contributed by atoms with Crippen LogP contribution >= 0.6 is 0 Å². The first-order valence-electron chi connectivity index (χ1n) is 4.33. The maximum absolute atomic E-state index is 11.0. The molecule has 3 heteroatoms. The predicted molar refractivity (Wildman–Crippen MR) is 56.8 cm³/mol. The minimum absolute atomic E-state index is 0.705. The van der Waals surface area contributed by atoms with Crippen molar-refractivity contribution in [3.63, 3.8) is 0 Å². The fourth-order valence-corrected chi connectivity index (χ4v) is 0.903. The Balaban J connectivity index is 2.55. The molecule has 0 aliphatic rings. The smallest absolute Gasteiger partial charge is 0.338 e. The maximum atomic E-state index is 11.0. The Morgan fingerprint density at radius 1 is 1.13 bits per heavy atom. The van der Waals surface area contributed by atoms with Gasteiger partial charge in [-0.25, -0.2) is 9.59 Å². The van der Waals surface area contributed by atoms with Gasteiger partial charge in [0, 0.05) is 12.2 Å². The zero-order valence-electron chi connectivity index (χ0n) is 8.05. The van der Waals surface area contributed by atoms with Crippen LogP contribution in [0.2, 0.25) is 0 Å². The van der Waals surface area contributed by atoms with Crippen molar-refractivity contribution in [2.24, 2.45) is 0 Å². The third-order valence-electron chi connectivity index (χ3n) is 1.58. The molecule has 0 amide bonds. The van der Waals surface area contributed by atoms with Gasteiger partial charge in [-0.05, 0) is 11.6 Å². The second-order valence-corrected chi connectivity index (χ2v) is 2.69. The zero-order chi connectivity index (χ0) is 11.1. The van der Waals surface area contributed by atoms with Crippen LogP contribution in [0.5, 0.6) is 0 Å². The molecule has 0 bridgehead atoms. The average Bonchev–Trinajstić information content (AvgIpc) is 2.27. The van der Waals surface area contributed by atoms with Gasteiger partial charge in [0.2, 0.25) is 0 Å². The van der Waals surface area contributed by atoms with Gasteiger partial charge in [0.1, 0.15) is 0 Å². The second kappa shape index (κ2) is 5.54. The maximum Gasteiger partial charge on any atom is 0.338 e. The molecule has 1 aromatic carbocycles. The van der Waals surface area contributed by atoms with Crippen molar-refractivity contribution >= 4 is 18.0 Å². The third kappa shape index (κ3) is 4.04. The molecule has 1 rings (SSSR count). The number of hydrogen-bond acceptors (Lipinski definition) is 3.